The van der Waals surface area contributed by atoms with Crippen LogP contribution in [0.5, 0.6) is 5.88 Å². The molecule has 2 rings (SSSR count). The molecule has 2 aromatic heterocycles. The van der Waals surface area contributed by atoms with Gasteiger partial charge in [0.15, 0.2) is 0 Å². The molecule has 0 bridgehead atoms. The molecule has 0 spiro atoms. The van der Waals surface area contributed by atoms with Crippen LogP contribution < -0.4 is 15.8 Å². The molecule has 0 aliphatic rings. The molecule has 2 aromatic rings. The molecular weight excluding hydrogens is 270 g/mol. The fraction of sp³-hybridized carbons (Fsp3) is 0.400. The van der Waals surface area contributed by atoms with Gasteiger partial charge in [0.2, 0.25) is 5.88 Å². The highest BCUT2D eigenvalue weighted by atomic mass is 32.1. The first kappa shape index (κ1) is 14.7. The molecule has 0 saturated heterocycles. The smallest absolute Gasteiger partial charge is 0.239 e. The van der Waals surface area contributed by atoms with E-state index in [1.54, 1.807) is 11.3 Å². The summed E-state index contributed by atoms with van der Waals surface area (Å²) in [5, 5.41) is 7.64. The lowest BCUT2D eigenvalue weighted by Gasteiger charge is -2.16. The zero-order valence-corrected chi connectivity index (χ0v) is 12.9. The Bertz CT molecular complexity index is 540. The lowest BCUT2D eigenvalue weighted by atomic mass is 10.1. The minimum Gasteiger partial charge on any atom is -0.473 e. The van der Waals surface area contributed by atoms with Gasteiger partial charge >= 0.3 is 0 Å². The minimum atomic E-state index is 0.0586. The molecule has 0 aliphatic carbocycles. The van der Waals surface area contributed by atoms with Gasteiger partial charge in [0.25, 0.3) is 0 Å². The fourth-order valence-corrected chi connectivity index (χ4v) is 2.60. The summed E-state index contributed by atoms with van der Waals surface area (Å²) in [6.45, 7) is 6.06. The number of pyridine rings is 1. The number of nitrogens with zero attached hydrogens (tertiary/aromatic N) is 1. The number of nitrogens with two attached hydrogens (primary N) is 1. The van der Waals surface area contributed by atoms with Crippen molar-refractivity contribution < 1.29 is 4.74 Å². The van der Waals surface area contributed by atoms with Crippen LogP contribution in [0, 0.1) is 0 Å². The number of anilines is 2. The number of nitrogens with one attached hydrogen (secondary N) is 1. The molecular formula is C15H21N3OS. The van der Waals surface area contributed by atoms with Crippen LogP contribution in [0.1, 0.15) is 26.3 Å². The molecule has 5 heteroatoms. The summed E-state index contributed by atoms with van der Waals surface area (Å²) in [5.74, 6) is 1.28. The van der Waals surface area contributed by atoms with E-state index in [2.05, 4.69) is 34.1 Å². The standard InChI is InChI=1S/C15H21N3OS/c1-10(2)19-15-13(16)4-5-14(18-15)17-11(3)8-12-6-7-20-9-12/h4-7,9-11H,8,16H2,1-3H3,(H,17,18). The third-order valence-electron chi connectivity index (χ3n) is 2.75. The normalized spacial score (nSPS) is 12.4. The van der Waals surface area contributed by atoms with Gasteiger partial charge in [0.05, 0.1) is 11.8 Å². The number of hydrogen-bond donors (Lipinski definition) is 2. The molecule has 1 atom stereocenters. The number of rotatable bonds is 6. The van der Waals surface area contributed by atoms with E-state index < -0.39 is 0 Å². The van der Waals surface area contributed by atoms with Crippen molar-refractivity contribution in [3.8, 4) is 5.88 Å². The molecule has 0 amide bonds. The van der Waals surface area contributed by atoms with Crippen molar-refractivity contribution in [3.05, 3.63) is 34.5 Å². The Balaban J connectivity index is 2.01. The molecule has 0 radical (unpaired) electrons. The van der Waals surface area contributed by atoms with Crippen molar-refractivity contribution >= 4 is 22.8 Å². The SMILES string of the molecule is CC(Cc1ccsc1)Nc1ccc(N)c(OC(C)C)n1. The maximum absolute atomic E-state index is 5.86. The predicted molar refractivity (Wildman–Crippen MR) is 85.5 cm³/mol. The predicted octanol–water partition coefficient (Wildman–Crippen LogP) is 3.56. The molecule has 3 N–H and O–H groups in total. The molecule has 1 unspecified atom stereocenters. The Labute approximate surface area is 124 Å². The zero-order valence-electron chi connectivity index (χ0n) is 12.1. The van der Waals surface area contributed by atoms with Gasteiger partial charge in [-0.1, -0.05) is 0 Å². The van der Waals surface area contributed by atoms with Crippen molar-refractivity contribution in [2.75, 3.05) is 11.1 Å². The first-order chi connectivity index (χ1) is 9.54. The van der Waals surface area contributed by atoms with Gasteiger partial charge in [-0.25, -0.2) is 0 Å². The van der Waals surface area contributed by atoms with Crippen molar-refractivity contribution in [2.24, 2.45) is 0 Å². The number of thiophene rings is 1. The fourth-order valence-electron chi connectivity index (χ4n) is 1.92. The van der Waals surface area contributed by atoms with Crippen LogP contribution in [0.2, 0.25) is 0 Å². The Morgan fingerprint density at radius 3 is 2.75 bits per heavy atom. The summed E-state index contributed by atoms with van der Waals surface area (Å²) in [4.78, 5) is 4.43. The van der Waals surface area contributed by atoms with E-state index in [0.29, 0.717) is 17.6 Å². The second-order valence-corrected chi connectivity index (χ2v) is 5.92. The topological polar surface area (TPSA) is 60.2 Å². The highest BCUT2D eigenvalue weighted by molar-refractivity contribution is 7.07. The average Bonchev–Trinajstić information content (AvgIpc) is 2.85. The van der Waals surface area contributed by atoms with Gasteiger partial charge in [-0.05, 0) is 61.7 Å². The zero-order chi connectivity index (χ0) is 14.5. The van der Waals surface area contributed by atoms with Crippen LogP contribution in [0.3, 0.4) is 0 Å². The van der Waals surface area contributed by atoms with Crippen LogP contribution >= 0.6 is 11.3 Å². The molecule has 0 aromatic carbocycles. The minimum absolute atomic E-state index is 0.0586. The first-order valence-corrected chi connectivity index (χ1v) is 7.69. The van der Waals surface area contributed by atoms with E-state index in [1.165, 1.54) is 5.56 Å². The summed E-state index contributed by atoms with van der Waals surface area (Å²) in [7, 11) is 0. The van der Waals surface area contributed by atoms with E-state index in [0.717, 1.165) is 12.2 Å². The summed E-state index contributed by atoms with van der Waals surface area (Å²) in [6.07, 6.45) is 1.03. The van der Waals surface area contributed by atoms with Crippen LogP contribution in [0.4, 0.5) is 11.5 Å². The van der Waals surface area contributed by atoms with Crippen molar-refractivity contribution in [1.82, 2.24) is 4.98 Å². The summed E-state index contributed by atoms with van der Waals surface area (Å²) in [6, 6.07) is 6.15. The quantitative estimate of drug-likeness (QED) is 0.854. The highest BCUT2D eigenvalue weighted by Gasteiger charge is 2.09. The second kappa shape index (κ2) is 6.61. The Hall–Kier alpha value is -1.75. The third-order valence-corrected chi connectivity index (χ3v) is 3.49. The van der Waals surface area contributed by atoms with Crippen LogP contribution in [0.15, 0.2) is 29.0 Å². The van der Waals surface area contributed by atoms with Crippen LogP contribution in [0.25, 0.3) is 0 Å². The van der Waals surface area contributed by atoms with Gasteiger partial charge in [0.1, 0.15) is 5.82 Å². The van der Waals surface area contributed by atoms with E-state index >= 15 is 0 Å². The Morgan fingerprint density at radius 2 is 2.10 bits per heavy atom. The first-order valence-electron chi connectivity index (χ1n) is 6.75. The monoisotopic (exact) mass is 291 g/mol. The number of ether oxygens (including phenoxy) is 1. The Kier molecular flexibility index (Phi) is 4.84. The van der Waals surface area contributed by atoms with E-state index in [1.807, 2.05) is 26.0 Å². The van der Waals surface area contributed by atoms with Gasteiger partial charge in [-0.15, -0.1) is 0 Å². The molecule has 0 fully saturated rings. The second-order valence-electron chi connectivity index (χ2n) is 5.14. The molecule has 0 saturated carbocycles. The van der Waals surface area contributed by atoms with Crippen molar-refractivity contribution in [1.29, 1.82) is 0 Å². The van der Waals surface area contributed by atoms with Gasteiger partial charge < -0.3 is 15.8 Å². The lowest BCUT2D eigenvalue weighted by Crippen LogP contribution is -2.19. The molecule has 4 nitrogen and oxygen atoms in total. The van der Waals surface area contributed by atoms with Gasteiger partial charge in [-0.2, -0.15) is 16.3 Å². The lowest BCUT2D eigenvalue weighted by molar-refractivity contribution is 0.234. The van der Waals surface area contributed by atoms with Crippen molar-refractivity contribution in [2.45, 2.75) is 39.3 Å². The molecule has 2 heterocycles. The summed E-state index contributed by atoms with van der Waals surface area (Å²) in [5.41, 5.74) is 7.77. The number of aromatic nitrogens is 1. The Morgan fingerprint density at radius 1 is 1.30 bits per heavy atom. The summed E-state index contributed by atoms with van der Waals surface area (Å²) >= 11 is 1.72. The van der Waals surface area contributed by atoms with E-state index in [9.17, 15) is 0 Å². The molecule has 20 heavy (non-hydrogen) atoms. The summed E-state index contributed by atoms with van der Waals surface area (Å²) < 4.78 is 5.60. The van der Waals surface area contributed by atoms with Crippen LogP contribution in [-0.4, -0.2) is 17.1 Å². The van der Waals surface area contributed by atoms with E-state index in [-0.39, 0.29) is 6.10 Å². The maximum atomic E-state index is 5.86. The third kappa shape index (κ3) is 4.13. The maximum Gasteiger partial charge on any atom is 0.239 e. The number of hydrogen-bond acceptors (Lipinski definition) is 5. The van der Waals surface area contributed by atoms with Gasteiger partial charge in [0, 0.05) is 6.04 Å². The van der Waals surface area contributed by atoms with Gasteiger partial charge in [-0.3, -0.25) is 0 Å². The van der Waals surface area contributed by atoms with E-state index in [4.69, 9.17) is 10.5 Å². The molecule has 108 valence electrons. The average molecular weight is 291 g/mol. The van der Waals surface area contributed by atoms with Crippen LogP contribution in [-0.2, 0) is 6.42 Å². The highest BCUT2D eigenvalue weighted by Crippen LogP contribution is 2.22. The largest absolute Gasteiger partial charge is 0.473 e. The molecule has 0 aliphatic heterocycles. The number of nitrogen functional groups attached to an aromatic ring is 1. The van der Waals surface area contributed by atoms with Crippen molar-refractivity contribution in [3.63, 3.8) is 0 Å².